The summed E-state index contributed by atoms with van der Waals surface area (Å²) in [4.78, 5) is 19.1. The zero-order chi connectivity index (χ0) is 19.5. The largest absolute Gasteiger partial charge is 0.357 e. The second-order valence-electron chi connectivity index (χ2n) is 7.43. The van der Waals surface area contributed by atoms with Crippen LogP contribution in [0, 0.1) is 11.8 Å². The molecule has 2 N–H and O–H groups in total. The van der Waals surface area contributed by atoms with Crippen LogP contribution in [0.4, 0.5) is 0 Å². The highest BCUT2D eigenvalue weighted by Crippen LogP contribution is 2.17. The lowest BCUT2D eigenvalue weighted by Crippen LogP contribution is -2.40. The second-order valence-corrected chi connectivity index (χ2v) is 7.43. The maximum Gasteiger partial charge on any atom is 0.223 e. The number of likely N-dealkylation sites (tertiary alicyclic amines) is 1. The molecule has 1 aromatic rings. The van der Waals surface area contributed by atoms with Crippen LogP contribution in [0.1, 0.15) is 45.6 Å². The standard InChI is InChI=1S/C22H36N4O/c1-4-18(5-2)15-24-22(23-6-3)25-16-20-14-21(27)26(17-20)13-12-19-10-8-7-9-11-19/h7-11,18,20H,4-6,12-17H2,1-3H3,(H2,23,24,25). The first kappa shape index (κ1) is 21.3. The zero-order valence-corrected chi connectivity index (χ0v) is 17.2. The van der Waals surface area contributed by atoms with Crippen molar-refractivity contribution < 1.29 is 4.79 Å². The lowest BCUT2D eigenvalue weighted by molar-refractivity contribution is -0.127. The van der Waals surface area contributed by atoms with Crippen LogP contribution in [0.15, 0.2) is 35.3 Å². The van der Waals surface area contributed by atoms with Crippen molar-refractivity contribution in [2.24, 2.45) is 16.8 Å². The molecule has 1 heterocycles. The average molecular weight is 373 g/mol. The van der Waals surface area contributed by atoms with Crippen molar-refractivity contribution in [3.05, 3.63) is 35.9 Å². The van der Waals surface area contributed by atoms with Crippen LogP contribution in [0.3, 0.4) is 0 Å². The van der Waals surface area contributed by atoms with E-state index in [9.17, 15) is 4.79 Å². The van der Waals surface area contributed by atoms with Crippen LogP contribution in [-0.4, -0.2) is 49.5 Å². The minimum Gasteiger partial charge on any atom is -0.357 e. The normalized spacial score (nSPS) is 17.6. The first-order valence-corrected chi connectivity index (χ1v) is 10.5. The molecule has 1 fully saturated rings. The molecule has 1 unspecified atom stereocenters. The van der Waals surface area contributed by atoms with Gasteiger partial charge in [-0.25, -0.2) is 0 Å². The summed E-state index contributed by atoms with van der Waals surface area (Å²) in [6.07, 6.45) is 3.87. The van der Waals surface area contributed by atoms with Crippen molar-refractivity contribution in [1.29, 1.82) is 0 Å². The van der Waals surface area contributed by atoms with E-state index in [2.05, 4.69) is 55.7 Å². The van der Waals surface area contributed by atoms with Crippen molar-refractivity contribution in [2.45, 2.75) is 46.5 Å². The smallest absolute Gasteiger partial charge is 0.223 e. The Labute approximate surface area is 164 Å². The molecule has 1 aliphatic rings. The Balaban J connectivity index is 1.79. The number of benzene rings is 1. The number of carbonyl (C=O) groups is 1. The number of nitrogens with zero attached hydrogens (tertiary/aromatic N) is 2. The van der Waals surface area contributed by atoms with Gasteiger partial charge in [-0.1, -0.05) is 57.0 Å². The van der Waals surface area contributed by atoms with E-state index in [0.717, 1.165) is 57.9 Å². The van der Waals surface area contributed by atoms with Gasteiger partial charge in [-0.2, -0.15) is 0 Å². The Morgan fingerprint density at radius 2 is 1.93 bits per heavy atom. The molecule has 0 radical (unpaired) electrons. The van der Waals surface area contributed by atoms with E-state index in [-0.39, 0.29) is 5.91 Å². The molecule has 5 heteroatoms. The van der Waals surface area contributed by atoms with Gasteiger partial charge in [-0.3, -0.25) is 9.79 Å². The molecule has 1 aliphatic heterocycles. The second kappa shape index (κ2) is 11.6. The van der Waals surface area contributed by atoms with Crippen LogP contribution < -0.4 is 10.6 Å². The number of nitrogens with one attached hydrogen (secondary N) is 2. The minimum atomic E-state index is 0.275. The van der Waals surface area contributed by atoms with Crippen LogP contribution >= 0.6 is 0 Å². The molecule has 5 nitrogen and oxygen atoms in total. The molecule has 0 bridgehead atoms. The van der Waals surface area contributed by atoms with Gasteiger partial charge in [-0.15, -0.1) is 0 Å². The Kier molecular flexibility index (Phi) is 9.16. The number of guanidine groups is 1. The highest BCUT2D eigenvalue weighted by atomic mass is 16.2. The number of hydrogen-bond donors (Lipinski definition) is 2. The molecule has 2 rings (SSSR count). The van der Waals surface area contributed by atoms with Crippen molar-refractivity contribution in [3.8, 4) is 0 Å². The van der Waals surface area contributed by atoms with Gasteiger partial charge in [0.1, 0.15) is 0 Å². The highest BCUT2D eigenvalue weighted by molar-refractivity contribution is 5.81. The van der Waals surface area contributed by atoms with E-state index in [4.69, 9.17) is 4.99 Å². The molecule has 0 aliphatic carbocycles. The first-order chi connectivity index (χ1) is 13.2. The summed E-state index contributed by atoms with van der Waals surface area (Å²) in [5.74, 6) is 2.14. The maximum absolute atomic E-state index is 12.3. The summed E-state index contributed by atoms with van der Waals surface area (Å²) in [6, 6.07) is 10.4. The fraction of sp³-hybridized carbons (Fsp3) is 0.636. The van der Waals surface area contributed by atoms with Gasteiger partial charge < -0.3 is 15.5 Å². The molecule has 1 aromatic carbocycles. The van der Waals surface area contributed by atoms with Gasteiger partial charge in [-0.05, 0) is 24.8 Å². The summed E-state index contributed by atoms with van der Waals surface area (Å²) in [6.45, 7) is 10.7. The summed E-state index contributed by atoms with van der Waals surface area (Å²) in [7, 11) is 0. The minimum absolute atomic E-state index is 0.275. The van der Waals surface area contributed by atoms with E-state index in [0.29, 0.717) is 18.3 Å². The Morgan fingerprint density at radius 1 is 1.19 bits per heavy atom. The molecule has 0 aromatic heterocycles. The van der Waals surface area contributed by atoms with E-state index in [1.165, 1.54) is 5.56 Å². The van der Waals surface area contributed by atoms with Crippen LogP contribution in [0.5, 0.6) is 0 Å². The van der Waals surface area contributed by atoms with E-state index in [1.54, 1.807) is 0 Å². The van der Waals surface area contributed by atoms with E-state index < -0.39 is 0 Å². The summed E-state index contributed by atoms with van der Waals surface area (Å²) in [5, 5.41) is 6.76. The summed E-state index contributed by atoms with van der Waals surface area (Å²) < 4.78 is 0. The molecular formula is C22H36N4O. The van der Waals surface area contributed by atoms with Crippen LogP contribution in [0.2, 0.25) is 0 Å². The van der Waals surface area contributed by atoms with Crippen molar-refractivity contribution in [2.75, 3.05) is 32.7 Å². The molecule has 27 heavy (non-hydrogen) atoms. The average Bonchev–Trinajstić information content (AvgIpc) is 3.05. The van der Waals surface area contributed by atoms with Crippen molar-refractivity contribution in [3.63, 3.8) is 0 Å². The van der Waals surface area contributed by atoms with Gasteiger partial charge in [0.05, 0.1) is 0 Å². The fourth-order valence-corrected chi connectivity index (χ4v) is 3.47. The monoisotopic (exact) mass is 372 g/mol. The van der Waals surface area contributed by atoms with Crippen LogP contribution in [-0.2, 0) is 11.2 Å². The van der Waals surface area contributed by atoms with E-state index in [1.807, 2.05) is 11.0 Å². The Bertz CT molecular complexity index is 583. The molecule has 1 atom stereocenters. The van der Waals surface area contributed by atoms with Crippen LogP contribution in [0.25, 0.3) is 0 Å². The molecule has 150 valence electrons. The SMILES string of the molecule is CCNC(=NCC(CC)CC)NCC1CC(=O)N(CCc2ccccc2)C1. The lowest BCUT2D eigenvalue weighted by atomic mass is 10.0. The third kappa shape index (κ3) is 7.24. The predicted molar refractivity (Wildman–Crippen MR) is 113 cm³/mol. The number of aliphatic imine (C=N–C) groups is 1. The predicted octanol–water partition coefficient (Wildman–Crippen LogP) is 3.07. The fourth-order valence-electron chi connectivity index (χ4n) is 3.47. The first-order valence-electron chi connectivity index (χ1n) is 10.5. The molecule has 1 amide bonds. The molecule has 0 spiro atoms. The third-order valence-corrected chi connectivity index (χ3v) is 5.37. The van der Waals surface area contributed by atoms with Crippen molar-refractivity contribution >= 4 is 11.9 Å². The van der Waals surface area contributed by atoms with Gasteiger partial charge in [0.2, 0.25) is 5.91 Å². The topological polar surface area (TPSA) is 56.7 Å². The Hall–Kier alpha value is -2.04. The number of amides is 1. The number of carbonyl (C=O) groups excluding carboxylic acids is 1. The Morgan fingerprint density at radius 3 is 2.59 bits per heavy atom. The zero-order valence-electron chi connectivity index (χ0n) is 17.2. The van der Waals surface area contributed by atoms with Gasteiger partial charge in [0, 0.05) is 45.1 Å². The third-order valence-electron chi connectivity index (χ3n) is 5.37. The van der Waals surface area contributed by atoms with E-state index >= 15 is 0 Å². The van der Waals surface area contributed by atoms with Gasteiger partial charge >= 0.3 is 0 Å². The maximum atomic E-state index is 12.3. The lowest BCUT2D eigenvalue weighted by Gasteiger charge is -2.18. The molecular weight excluding hydrogens is 336 g/mol. The molecule has 1 saturated heterocycles. The summed E-state index contributed by atoms with van der Waals surface area (Å²) in [5.41, 5.74) is 1.29. The molecule has 0 saturated carbocycles. The quantitative estimate of drug-likeness (QED) is 0.490. The van der Waals surface area contributed by atoms with Crippen molar-refractivity contribution in [1.82, 2.24) is 15.5 Å². The number of rotatable bonds is 10. The highest BCUT2D eigenvalue weighted by Gasteiger charge is 2.29. The van der Waals surface area contributed by atoms with Gasteiger partial charge in [0.25, 0.3) is 0 Å². The summed E-state index contributed by atoms with van der Waals surface area (Å²) >= 11 is 0. The number of hydrogen-bond acceptors (Lipinski definition) is 2. The van der Waals surface area contributed by atoms with Gasteiger partial charge in [0.15, 0.2) is 5.96 Å².